The summed E-state index contributed by atoms with van der Waals surface area (Å²) in [5.41, 5.74) is -0.837. The Balaban J connectivity index is 2.76. The van der Waals surface area contributed by atoms with Crippen LogP contribution in [0.2, 0.25) is 0 Å². The van der Waals surface area contributed by atoms with Gasteiger partial charge in [0.25, 0.3) is 5.91 Å². The Labute approximate surface area is 107 Å². The molecule has 0 fully saturated rings. The van der Waals surface area contributed by atoms with Crippen LogP contribution in [0.1, 0.15) is 17.3 Å². The topological polar surface area (TPSA) is 110 Å². The monoisotopic (exact) mass is 270 g/mol. The lowest BCUT2D eigenvalue weighted by Crippen LogP contribution is -2.31. The number of carbonyl (C=O) groups excluding carboxylic acids is 1. The number of hydrogen-bond donors (Lipinski definition) is 2. The maximum Gasteiger partial charge on any atom is 0.308 e. The molecule has 0 aromatic heterocycles. The van der Waals surface area contributed by atoms with E-state index < -0.39 is 34.2 Å². The van der Waals surface area contributed by atoms with Gasteiger partial charge in [-0.3, -0.25) is 19.7 Å². The molecule has 1 rings (SSSR count). The van der Waals surface area contributed by atoms with E-state index in [-0.39, 0.29) is 12.1 Å². The number of halogens is 1. The molecule has 1 atom stereocenters. The van der Waals surface area contributed by atoms with Crippen LogP contribution in [0, 0.1) is 21.8 Å². The van der Waals surface area contributed by atoms with E-state index in [9.17, 15) is 24.1 Å². The first kappa shape index (κ1) is 14.6. The third-order valence-electron chi connectivity index (χ3n) is 2.40. The fraction of sp³-hybridized carbons (Fsp3) is 0.273. The van der Waals surface area contributed by atoms with E-state index in [0.717, 1.165) is 18.2 Å². The molecule has 1 amide bonds. The molecule has 0 aliphatic rings. The number of carboxylic acids is 1. The van der Waals surface area contributed by atoms with E-state index in [1.165, 1.54) is 6.92 Å². The zero-order chi connectivity index (χ0) is 14.6. The van der Waals surface area contributed by atoms with Crippen molar-refractivity contribution in [3.05, 3.63) is 39.7 Å². The van der Waals surface area contributed by atoms with E-state index in [0.29, 0.717) is 0 Å². The lowest BCUT2D eigenvalue weighted by atomic mass is 10.1. The van der Waals surface area contributed by atoms with E-state index in [1.807, 2.05) is 0 Å². The minimum absolute atomic E-state index is 0.110. The third-order valence-corrected chi connectivity index (χ3v) is 2.40. The van der Waals surface area contributed by atoms with Crippen molar-refractivity contribution in [1.29, 1.82) is 0 Å². The molecule has 0 radical (unpaired) electrons. The van der Waals surface area contributed by atoms with Crippen LogP contribution in [-0.2, 0) is 4.79 Å². The molecule has 0 heterocycles. The average Bonchev–Trinajstić information content (AvgIpc) is 2.34. The summed E-state index contributed by atoms with van der Waals surface area (Å²) < 4.78 is 13.3. The molecule has 7 nitrogen and oxygen atoms in total. The summed E-state index contributed by atoms with van der Waals surface area (Å²) in [6.45, 7) is 1.28. The highest BCUT2D eigenvalue weighted by molar-refractivity contribution is 5.94. The van der Waals surface area contributed by atoms with Crippen molar-refractivity contribution >= 4 is 17.6 Å². The molecule has 0 aliphatic heterocycles. The number of nitro groups is 1. The largest absolute Gasteiger partial charge is 0.481 e. The minimum Gasteiger partial charge on any atom is -0.481 e. The van der Waals surface area contributed by atoms with Gasteiger partial charge in [-0.25, -0.2) is 0 Å². The second kappa shape index (κ2) is 5.89. The molecule has 0 spiro atoms. The van der Waals surface area contributed by atoms with E-state index in [2.05, 4.69) is 5.32 Å². The first-order chi connectivity index (χ1) is 8.82. The van der Waals surface area contributed by atoms with Crippen LogP contribution in [0.3, 0.4) is 0 Å². The van der Waals surface area contributed by atoms with Gasteiger partial charge in [-0.05, 0) is 12.1 Å². The Morgan fingerprint density at radius 2 is 2.16 bits per heavy atom. The molecular weight excluding hydrogens is 259 g/mol. The fourth-order valence-electron chi connectivity index (χ4n) is 1.23. The van der Waals surface area contributed by atoms with Crippen molar-refractivity contribution in [2.45, 2.75) is 6.92 Å². The van der Waals surface area contributed by atoms with Crippen LogP contribution < -0.4 is 5.32 Å². The number of rotatable bonds is 5. The Bertz CT molecular complexity index is 532. The van der Waals surface area contributed by atoms with Gasteiger partial charge in [0.15, 0.2) is 0 Å². The standard InChI is InChI=1S/C11H11FN2O5/c1-6(11(16)17)5-13-10(15)7-2-3-9(14(18)19)8(12)4-7/h2-4,6H,5H2,1H3,(H,13,15)(H,16,17). The zero-order valence-electron chi connectivity index (χ0n) is 9.92. The van der Waals surface area contributed by atoms with Gasteiger partial charge in [0, 0.05) is 18.2 Å². The van der Waals surface area contributed by atoms with Crippen LogP contribution in [-0.4, -0.2) is 28.5 Å². The number of amides is 1. The molecule has 0 aliphatic carbocycles. The first-order valence-corrected chi connectivity index (χ1v) is 5.28. The quantitative estimate of drug-likeness (QED) is 0.616. The Kier molecular flexibility index (Phi) is 4.51. The number of carboxylic acid groups (broad SMARTS) is 1. The summed E-state index contributed by atoms with van der Waals surface area (Å²) in [5, 5.41) is 21.3. The van der Waals surface area contributed by atoms with Gasteiger partial charge < -0.3 is 10.4 Å². The van der Waals surface area contributed by atoms with Gasteiger partial charge in [0.1, 0.15) is 0 Å². The van der Waals surface area contributed by atoms with Crippen molar-refractivity contribution in [3.8, 4) is 0 Å². The van der Waals surface area contributed by atoms with E-state index in [1.54, 1.807) is 0 Å². The lowest BCUT2D eigenvalue weighted by Gasteiger charge is -2.08. The van der Waals surface area contributed by atoms with Crippen molar-refractivity contribution in [1.82, 2.24) is 5.32 Å². The maximum absolute atomic E-state index is 13.3. The number of hydrogen-bond acceptors (Lipinski definition) is 4. The number of nitrogens with zero attached hydrogens (tertiary/aromatic N) is 1. The van der Waals surface area contributed by atoms with Crippen molar-refractivity contribution in [2.75, 3.05) is 6.54 Å². The first-order valence-electron chi connectivity index (χ1n) is 5.28. The van der Waals surface area contributed by atoms with Crippen molar-refractivity contribution in [2.24, 2.45) is 5.92 Å². The van der Waals surface area contributed by atoms with E-state index >= 15 is 0 Å². The maximum atomic E-state index is 13.3. The van der Waals surface area contributed by atoms with Gasteiger partial charge >= 0.3 is 11.7 Å². The molecule has 1 aromatic rings. The zero-order valence-corrected chi connectivity index (χ0v) is 9.92. The number of aliphatic carboxylic acids is 1. The fourth-order valence-corrected chi connectivity index (χ4v) is 1.23. The Morgan fingerprint density at radius 1 is 1.53 bits per heavy atom. The number of benzene rings is 1. The summed E-state index contributed by atoms with van der Waals surface area (Å²) in [6.07, 6.45) is 0. The average molecular weight is 270 g/mol. The van der Waals surface area contributed by atoms with Crippen LogP contribution >= 0.6 is 0 Å². The van der Waals surface area contributed by atoms with Crippen molar-refractivity contribution < 1.29 is 24.0 Å². The summed E-state index contributed by atoms with van der Waals surface area (Å²) in [5.74, 6) is -3.67. The predicted molar refractivity (Wildman–Crippen MR) is 62.2 cm³/mol. The normalized spacial score (nSPS) is 11.7. The number of nitro benzene ring substituents is 1. The highest BCUT2D eigenvalue weighted by atomic mass is 19.1. The molecule has 1 aromatic carbocycles. The lowest BCUT2D eigenvalue weighted by molar-refractivity contribution is -0.387. The molecule has 8 heteroatoms. The smallest absolute Gasteiger partial charge is 0.308 e. The van der Waals surface area contributed by atoms with Gasteiger partial charge in [0.2, 0.25) is 5.82 Å². The van der Waals surface area contributed by atoms with Crippen LogP contribution in [0.4, 0.5) is 10.1 Å². The molecular formula is C11H11FN2O5. The highest BCUT2D eigenvalue weighted by Crippen LogP contribution is 2.17. The summed E-state index contributed by atoms with van der Waals surface area (Å²) in [6, 6.07) is 2.71. The van der Waals surface area contributed by atoms with Crippen molar-refractivity contribution in [3.63, 3.8) is 0 Å². The van der Waals surface area contributed by atoms with Gasteiger partial charge in [-0.1, -0.05) is 6.92 Å². The molecule has 0 saturated carbocycles. The number of carbonyl (C=O) groups is 2. The predicted octanol–water partition coefficient (Wildman–Crippen LogP) is 1.18. The molecule has 0 saturated heterocycles. The van der Waals surface area contributed by atoms with E-state index in [4.69, 9.17) is 5.11 Å². The Morgan fingerprint density at radius 3 is 2.63 bits per heavy atom. The molecule has 19 heavy (non-hydrogen) atoms. The molecule has 102 valence electrons. The second-order valence-electron chi connectivity index (χ2n) is 3.87. The molecule has 0 bridgehead atoms. The minimum atomic E-state index is -1.12. The highest BCUT2D eigenvalue weighted by Gasteiger charge is 2.18. The summed E-state index contributed by atoms with van der Waals surface area (Å²) in [4.78, 5) is 31.6. The third kappa shape index (κ3) is 3.73. The Hall–Kier alpha value is -2.51. The van der Waals surface area contributed by atoms with Gasteiger partial charge in [-0.15, -0.1) is 0 Å². The molecule has 1 unspecified atom stereocenters. The van der Waals surface area contributed by atoms with Gasteiger partial charge in [-0.2, -0.15) is 4.39 Å². The molecule has 2 N–H and O–H groups in total. The SMILES string of the molecule is CC(CNC(=O)c1ccc([N+](=O)[O-])c(F)c1)C(=O)O. The van der Waals surface area contributed by atoms with Crippen LogP contribution in [0.25, 0.3) is 0 Å². The summed E-state index contributed by atoms with van der Waals surface area (Å²) in [7, 11) is 0. The summed E-state index contributed by atoms with van der Waals surface area (Å²) >= 11 is 0. The van der Waals surface area contributed by atoms with Gasteiger partial charge in [0.05, 0.1) is 10.8 Å². The van der Waals surface area contributed by atoms with Crippen LogP contribution in [0.5, 0.6) is 0 Å². The van der Waals surface area contributed by atoms with Crippen LogP contribution in [0.15, 0.2) is 18.2 Å². The second-order valence-corrected chi connectivity index (χ2v) is 3.87. The number of nitrogens with one attached hydrogen (secondary N) is 1.